The van der Waals surface area contributed by atoms with Crippen molar-refractivity contribution in [2.24, 2.45) is 0 Å². The van der Waals surface area contributed by atoms with Crippen molar-refractivity contribution in [2.45, 2.75) is 18.9 Å². The zero-order valence-corrected chi connectivity index (χ0v) is 11.0. The molecule has 0 N–H and O–H groups in total. The Bertz CT molecular complexity index is 480. The van der Waals surface area contributed by atoms with E-state index in [1.54, 1.807) is 0 Å². The lowest BCUT2D eigenvalue weighted by molar-refractivity contribution is -0.0494. The lowest BCUT2D eigenvalue weighted by Gasteiger charge is -2.06. The first-order valence-electron chi connectivity index (χ1n) is 4.90. The predicted molar refractivity (Wildman–Crippen MR) is 63.4 cm³/mol. The third kappa shape index (κ3) is 4.51. The molecule has 0 heterocycles. The van der Waals surface area contributed by atoms with E-state index >= 15 is 0 Å². The molecule has 102 valence electrons. The summed E-state index contributed by atoms with van der Waals surface area (Å²) in [6, 6.07) is 7.39. The van der Waals surface area contributed by atoms with Crippen LogP contribution in [0.25, 0.3) is 0 Å². The molecule has 0 spiro atoms. The van der Waals surface area contributed by atoms with E-state index in [1.807, 2.05) is 31.2 Å². The Morgan fingerprint density at radius 2 is 1.78 bits per heavy atom. The summed E-state index contributed by atoms with van der Waals surface area (Å²) in [4.78, 5) is 0. The number of alkyl halides is 3. The third-order valence-electron chi connectivity index (χ3n) is 2.02. The van der Waals surface area contributed by atoms with E-state index < -0.39 is 15.6 Å². The minimum Gasteiger partial charge on any atom is -0.191 e. The topological polar surface area (TPSA) is 43.4 Å². The number of halogens is 3. The van der Waals surface area contributed by atoms with E-state index in [0.717, 1.165) is 11.1 Å². The molecule has 1 aromatic carbocycles. The molecule has 0 bridgehead atoms. The highest BCUT2D eigenvalue weighted by atomic mass is 32.3. The molecule has 0 saturated heterocycles. The van der Waals surface area contributed by atoms with Gasteiger partial charge in [0.2, 0.25) is 0 Å². The van der Waals surface area contributed by atoms with Crippen molar-refractivity contribution in [3.8, 4) is 0 Å². The molecule has 18 heavy (non-hydrogen) atoms. The predicted octanol–water partition coefficient (Wildman–Crippen LogP) is 3.05. The summed E-state index contributed by atoms with van der Waals surface area (Å²) in [6.07, 6.45) is 0.429. The van der Waals surface area contributed by atoms with Crippen molar-refractivity contribution >= 4 is 22.2 Å². The summed E-state index contributed by atoms with van der Waals surface area (Å²) in [5.74, 6) is 0.123. The Morgan fingerprint density at radius 3 is 2.28 bits per heavy atom. The molecule has 0 aliphatic carbocycles. The maximum Gasteiger partial charge on any atom is 0.524 e. The molecule has 8 heteroatoms. The molecule has 0 radical (unpaired) electrons. The van der Waals surface area contributed by atoms with Gasteiger partial charge in [-0.05, 0) is 18.9 Å². The van der Waals surface area contributed by atoms with Crippen LogP contribution < -0.4 is 0 Å². The molecule has 1 aromatic rings. The van der Waals surface area contributed by atoms with Gasteiger partial charge in [0, 0.05) is 17.8 Å². The molecule has 0 unspecified atom stereocenters. The quantitative estimate of drug-likeness (QED) is 0.476. The second-order valence-corrected chi connectivity index (χ2v) is 6.08. The first-order chi connectivity index (χ1) is 8.22. The lowest BCUT2D eigenvalue weighted by atomic mass is 10.1. The maximum absolute atomic E-state index is 11.9. The van der Waals surface area contributed by atoms with Crippen LogP contribution >= 0.6 is 12.0 Å². The normalized spacial score (nSPS) is 12.7. The molecule has 0 amide bonds. The molecular weight excluding hydrogens is 289 g/mol. The van der Waals surface area contributed by atoms with Gasteiger partial charge in [-0.2, -0.15) is 25.2 Å². The van der Waals surface area contributed by atoms with E-state index in [0.29, 0.717) is 6.42 Å². The van der Waals surface area contributed by atoms with Gasteiger partial charge in [-0.15, -0.1) is 0 Å². The van der Waals surface area contributed by atoms with Crippen LogP contribution in [0.2, 0.25) is 0 Å². The number of aryl methyl sites for hydroxylation is 2. The van der Waals surface area contributed by atoms with E-state index in [1.165, 1.54) is 0 Å². The fraction of sp³-hybridized carbons (Fsp3) is 0.400. The van der Waals surface area contributed by atoms with Crippen LogP contribution in [0.4, 0.5) is 13.2 Å². The SMILES string of the molecule is Cc1ccc(CCSOS(=O)(=O)C(F)(F)F)cc1. The molecule has 3 nitrogen and oxygen atoms in total. The summed E-state index contributed by atoms with van der Waals surface area (Å²) in [7, 11) is -5.50. The van der Waals surface area contributed by atoms with Crippen molar-refractivity contribution in [3.05, 3.63) is 35.4 Å². The van der Waals surface area contributed by atoms with Crippen LogP contribution in [0.5, 0.6) is 0 Å². The second-order valence-electron chi connectivity index (χ2n) is 3.53. The summed E-state index contributed by atoms with van der Waals surface area (Å²) in [5, 5.41) is 0. The van der Waals surface area contributed by atoms with Gasteiger partial charge < -0.3 is 0 Å². The minimum absolute atomic E-state index is 0.123. The smallest absolute Gasteiger partial charge is 0.191 e. The highest BCUT2D eigenvalue weighted by Crippen LogP contribution is 2.28. The summed E-state index contributed by atoms with van der Waals surface area (Å²) in [5.41, 5.74) is -3.40. The fourth-order valence-corrected chi connectivity index (χ4v) is 2.46. The zero-order valence-electron chi connectivity index (χ0n) is 9.40. The Kier molecular flexibility index (Phi) is 5.06. The van der Waals surface area contributed by atoms with Crippen LogP contribution in [0.3, 0.4) is 0 Å². The monoisotopic (exact) mass is 300 g/mol. The van der Waals surface area contributed by atoms with Crippen LogP contribution in [0.15, 0.2) is 24.3 Å². The minimum atomic E-state index is -5.50. The molecule has 0 aliphatic rings. The summed E-state index contributed by atoms with van der Waals surface area (Å²) >= 11 is 0.278. The molecule has 0 saturated carbocycles. The van der Waals surface area contributed by atoms with Crippen LogP contribution in [0, 0.1) is 6.92 Å². The van der Waals surface area contributed by atoms with Gasteiger partial charge in [0.05, 0.1) is 0 Å². The van der Waals surface area contributed by atoms with Gasteiger partial charge in [-0.25, -0.2) is 0 Å². The van der Waals surface area contributed by atoms with Gasteiger partial charge in [-0.1, -0.05) is 29.8 Å². The Balaban J connectivity index is 2.38. The van der Waals surface area contributed by atoms with Crippen molar-refractivity contribution in [1.82, 2.24) is 0 Å². The van der Waals surface area contributed by atoms with E-state index in [2.05, 4.69) is 3.63 Å². The van der Waals surface area contributed by atoms with E-state index in [-0.39, 0.29) is 17.8 Å². The third-order valence-corrected chi connectivity index (χ3v) is 4.06. The molecular formula is C10H11F3O3S2. The van der Waals surface area contributed by atoms with Gasteiger partial charge in [0.15, 0.2) is 0 Å². The van der Waals surface area contributed by atoms with Crippen molar-refractivity contribution < 1.29 is 25.2 Å². The first kappa shape index (κ1) is 15.3. The second kappa shape index (κ2) is 5.94. The van der Waals surface area contributed by atoms with Crippen LogP contribution in [-0.4, -0.2) is 19.7 Å². The molecule has 1 rings (SSSR count). The van der Waals surface area contributed by atoms with Gasteiger partial charge >= 0.3 is 15.6 Å². The zero-order chi connectivity index (χ0) is 13.8. The highest BCUT2D eigenvalue weighted by Gasteiger charge is 2.47. The van der Waals surface area contributed by atoms with Gasteiger partial charge in [0.1, 0.15) is 0 Å². The Hall–Kier alpha value is -0.730. The van der Waals surface area contributed by atoms with Crippen LogP contribution in [0.1, 0.15) is 11.1 Å². The fourth-order valence-electron chi connectivity index (χ4n) is 1.05. The van der Waals surface area contributed by atoms with Crippen LogP contribution in [-0.2, 0) is 20.2 Å². The van der Waals surface area contributed by atoms with E-state index in [9.17, 15) is 21.6 Å². The molecule has 0 aliphatic heterocycles. The van der Waals surface area contributed by atoms with Crippen molar-refractivity contribution in [3.63, 3.8) is 0 Å². The largest absolute Gasteiger partial charge is 0.524 e. The number of benzene rings is 1. The van der Waals surface area contributed by atoms with Gasteiger partial charge in [-0.3, -0.25) is 0 Å². The Morgan fingerprint density at radius 1 is 1.22 bits per heavy atom. The number of rotatable bonds is 5. The lowest BCUT2D eigenvalue weighted by Crippen LogP contribution is -2.23. The number of hydrogen-bond donors (Lipinski definition) is 0. The molecule has 0 atom stereocenters. The molecule has 0 aromatic heterocycles. The summed E-state index contributed by atoms with van der Waals surface area (Å²) < 4.78 is 60.6. The molecule has 0 fully saturated rings. The standard InChI is InChI=1S/C10H11F3O3S2/c1-8-2-4-9(5-3-8)6-7-17-16-18(14,15)10(11,12)13/h2-5H,6-7H2,1H3. The maximum atomic E-state index is 11.9. The van der Waals surface area contributed by atoms with E-state index in [4.69, 9.17) is 0 Å². The first-order valence-corrected chi connectivity index (χ1v) is 7.22. The van der Waals surface area contributed by atoms with Crippen molar-refractivity contribution in [2.75, 3.05) is 5.75 Å². The summed E-state index contributed by atoms with van der Waals surface area (Å²) in [6.45, 7) is 1.91. The van der Waals surface area contributed by atoms with Gasteiger partial charge in [0.25, 0.3) is 0 Å². The highest BCUT2D eigenvalue weighted by molar-refractivity contribution is 8.04. The van der Waals surface area contributed by atoms with Crippen molar-refractivity contribution in [1.29, 1.82) is 0 Å². The number of hydrogen-bond acceptors (Lipinski definition) is 4. The Labute approximate surface area is 108 Å². The average molecular weight is 300 g/mol. The average Bonchev–Trinajstić information content (AvgIpc) is 2.25.